The molecule has 3 nitrogen and oxygen atoms in total. The smallest absolute Gasteiger partial charge is 0.160 e. The highest BCUT2D eigenvalue weighted by Gasteiger charge is 2.17. The Kier molecular flexibility index (Phi) is 5.68. The zero-order chi connectivity index (χ0) is 29.0. The lowest BCUT2D eigenvalue weighted by atomic mass is 10.1. The van der Waals surface area contributed by atoms with Gasteiger partial charge in [0.2, 0.25) is 0 Å². The highest BCUT2D eigenvalue weighted by Crippen LogP contribution is 2.39. The summed E-state index contributed by atoms with van der Waals surface area (Å²) in [6.45, 7) is 0. The lowest BCUT2D eigenvalue weighted by molar-refractivity contribution is 1.17. The average molecular weight is 580 g/mol. The predicted octanol–water partition coefficient (Wildman–Crippen LogP) is 10.9. The molecule has 3 aromatic heterocycles. The van der Waals surface area contributed by atoms with E-state index in [2.05, 4.69) is 144 Å². The van der Waals surface area contributed by atoms with E-state index in [-0.39, 0.29) is 0 Å². The van der Waals surface area contributed by atoms with Crippen molar-refractivity contribution in [3.63, 3.8) is 0 Å². The minimum atomic E-state index is 0.711. The van der Waals surface area contributed by atoms with Crippen LogP contribution in [0.2, 0.25) is 0 Å². The first-order valence-corrected chi connectivity index (χ1v) is 15.6. The van der Waals surface area contributed by atoms with Crippen molar-refractivity contribution in [3.8, 4) is 39.6 Å². The molecule has 9 aromatic rings. The van der Waals surface area contributed by atoms with Gasteiger partial charge in [0, 0.05) is 53.3 Å². The van der Waals surface area contributed by atoms with Gasteiger partial charge in [-0.25, -0.2) is 9.97 Å². The van der Waals surface area contributed by atoms with E-state index >= 15 is 0 Å². The molecule has 3 heterocycles. The Hall–Kier alpha value is -5.58. The van der Waals surface area contributed by atoms with Gasteiger partial charge < -0.3 is 4.57 Å². The van der Waals surface area contributed by atoms with Crippen LogP contribution in [-0.2, 0) is 0 Å². The van der Waals surface area contributed by atoms with E-state index in [1.165, 1.54) is 36.5 Å². The molecule has 0 atom stereocenters. The van der Waals surface area contributed by atoms with Crippen molar-refractivity contribution >= 4 is 53.3 Å². The first kappa shape index (κ1) is 25.0. The second-order valence-corrected chi connectivity index (χ2v) is 12.1. The molecule has 4 heteroatoms. The van der Waals surface area contributed by atoms with Crippen LogP contribution in [0, 0.1) is 0 Å². The number of benzene rings is 6. The fourth-order valence-electron chi connectivity index (χ4n) is 6.33. The molecular formula is C40H25N3S. The number of rotatable bonds is 4. The highest BCUT2D eigenvalue weighted by molar-refractivity contribution is 7.25. The Balaban J connectivity index is 1.29. The topological polar surface area (TPSA) is 30.7 Å². The standard InChI is InChI=1S/C40H25N3S/c1-3-11-26(12-4-1)34-25-35(27-13-5-2-6-14-27)42-40(41-34)28-19-21-31-30-15-7-9-17-36(30)43(37(31)23-28)29-20-22-39-33(24-29)32-16-8-10-18-38(32)44-39/h1-25H. The normalized spacial score (nSPS) is 11.6. The summed E-state index contributed by atoms with van der Waals surface area (Å²) in [4.78, 5) is 10.2. The molecule has 0 N–H and O–H groups in total. The fourth-order valence-corrected chi connectivity index (χ4v) is 7.42. The molecule has 0 amide bonds. The number of aromatic nitrogens is 3. The van der Waals surface area contributed by atoms with E-state index in [0.29, 0.717) is 5.82 Å². The number of para-hydroxylation sites is 1. The Morgan fingerprint density at radius 1 is 0.409 bits per heavy atom. The van der Waals surface area contributed by atoms with Crippen LogP contribution in [0.25, 0.3) is 81.6 Å². The van der Waals surface area contributed by atoms with Gasteiger partial charge in [-0.3, -0.25) is 0 Å². The summed E-state index contributed by atoms with van der Waals surface area (Å²) < 4.78 is 5.00. The minimum Gasteiger partial charge on any atom is -0.309 e. The number of thiophene rings is 1. The molecule has 6 aromatic carbocycles. The molecule has 0 aliphatic carbocycles. The van der Waals surface area contributed by atoms with Crippen LogP contribution in [-0.4, -0.2) is 14.5 Å². The summed E-state index contributed by atoms with van der Waals surface area (Å²) in [5, 5.41) is 5.03. The van der Waals surface area contributed by atoms with E-state index in [1.54, 1.807) is 0 Å². The summed E-state index contributed by atoms with van der Waals surface area (Å²) in [6, 6.07) is 53.6. The highest BCUT2D eigenvalue weighted by atomic mass is 32.1. The number of hydrogen-bond acceptors (Lipinski definition) is 3. The largest absolute Gasteiger partial charge is 0.309 e. The van der Waals surface area contributed by atoms with Crippen molar-refractivity contribution in [2.24, 2.45) is 0 Å². The summed E-state index contributed by atoms with van der Waals surface area (Å²) in [5.41, 5.74) is 8.40. The van der Waals surface area contributed by atoms with Crippen molar-refractivity contribution in [2.75, 3.05) is 0 Å². The van der Waals surface area contributed by atoms with Gasteiger partial charge in [0.15, 0.2) is 5.82 Å². The molecule has 0 saturated carbocycles. The number of hydrogen-bond donors (Lipinski definition) is 0. The Labute approximate surface area is 258 Å². The molecule has 44 heavy (non-hydrogen) atoms. The molecule has 9 rings (SSSR count). The monoisotopic (exact) mass is 579 g/mol. The summed E-state index contributed by atoms with van der Waals surface area (Å²) >= 11 is 1.85. The summed E-state index contributed by atoms with van der Waals surface area (Å²) in [7, 11) is 0. The van der Waals surface area contributed by atoms with Crippen LogP contribution < -0.4 is 0 Å². The van der Waals surface area contributed by atoms with Crippen molar-refractivity contribution < 1.29 is 0 Å². The van der Waals surface area contributed by atoms with Gasteiger partial charge in [0.05, 0.1) is 22.4 Å². The van der Waals surface area contributed by atoms with Gasteiger partial charge in [-0.2, -0.15) is 0 Å². The molecular weight excluding hydrogens is 555 g/mol. The maximum absolute atomic E-state index is 5.11. The van der Waals surface area contributed by atoms with Crippen LogP contribution in [0.15, 0.2) is 152 Å². The van der Waals surface area contributed by atoms with E-state index in [4.69, 9.17) is 9.97 Å². The minimum absolute atomic E-state index is 0.711. The summed E-state index contributed by atoms with van der Waals surface area (Å²) in [5.74, 6) is 0.711. The molecule has 0 radical (unpaired) electrons. The van der Waals surface area contributed by atoms with Crippen molar-refractivity contribution in [2.45, 2.75) is 0 Å². The number of nitrogens with zero attached hydrogens (tertiary/aromatic N) is 3. The Morgan fingerprint density at radius 3 is 1.77 bits per heavy atom. The van der Waals surface area contributed by atoms with Gasteiger partial charge in [-0.1, -0.05) is 109 Å². The molecule has 0 unspecified atom stereocenters. The van der Waals surface area contributed by atoms with Crippen molar-refractivity contribution in [3.05, 3.63) is 152 Å². The average Bonchev–Trinajstić information content (AvgIpc) is 3.64. The van der Waals surface area contributed by atoms with Crippen LogP contribution in [0.5, 0.6) is 0 Å². The zero-order valence-electron chi connectivity index (χ0n) is 23.7. The fraction of sp³-hybridized carbons (Fsp3) is 0. The molecule has 0 bridgehead atoms. The van der Waals surface area contributed by atoms with Gasteiger partial charge in [-0.05, 0) is 42.5 Å². The molecule has 0 spiro atoms. The third-order valence-electron chi connectivity index (χ3n) is 8.42. The first-order valence-electron chi connectivity index (χ1n) is 14.8. The van der Waals surface area contributed by atoms with Crippen LogP contribution in [0.4, 0.5) is 0 Å². The molecule has 0 saturated heterocycles. The molecule has 0 aliphatic heterocycles. The van der Waals surface area contributed by atoms with Crippen LogP contribution in [0.3, 0.4) is 0 Å². The van der Waals surface area contributed by atoms with E-state index in [0.717, 1.165) is 39.3 Å². The quantitative estimate of drug-likeness (QED) is 0.208. The third kappa shape index (κ3) is 4.03. The van der Waals surface area contributed by atoms with Crippen LogP contribution in [0.1, 0.15) is 0 Å². The van der Waals surface area contributed by atoms with Gasteiger partial charge >= 0.3 is 0 Å². The van der Waals surface area contributed by atoms with Gasteiger partial charge in [0.25, 0.3) is 0 Å². The van der Waals surface area contributed by atoms with Crippen LogP contribution >= 0.6 is 11.3 Å². The molecule has 206 valence electrons. The zero-order valence-corrected chi connectivity index (χ0v) is 24.5. The maximum Gasteiger partial charge on any atom is 0.160 e. The van der Waals surface area contributed by atoms with Crippen molar-refractivity contribution in [1.29, 1.82) is 0 Å². The number of fused-ring (bicyclic) bond motifs is 6. The SMILES string of the molecule is c1ccc(-c2cc(-c3ccccc3)nc(-c3ccc4c5ccccc5n(-c5ccc6sc7ccccc7c6c5)c4c3)n2)cc1. The van der Waals surface area contributed by atoms with E-state index < -0.39 is 0 Å². The van der Waals surface area contributed by atoms with Gasteiger partial charge in [0.1, 0.15) is 0 Å². The lowest BCUT2D eigenvalue weighted by Crippen LogP contribution is -1.97. The molecule has 0 fully saturated rings. The lowest BCUT2D eigenvalue weighted by Gasteiger charge is -2.11. The second kappa shape index (κ2) is 10.0. The predicted molar refractivity (Wildman–Crippen MR) is 186 cm³/mol. The maximum atomic E-state index is 5.11. The first-order chi connectivity index (χ1) is 21.8. The summed E-state index contributed by atoms with van der Waals surface area (Å²) in [6.07, 6.45) is 0. The molecule has 0 aliphatic rings. The Morgan fingerprint density at radius 2 is 1.02 bits per heavy atom. The van der Waals surface area contributed by atoms with Gasteiger partial charge in [-0.15, -0.1) is 11.3 Å². The van der Waals surface area contributed by atoms with Crippen molar-refractivity contribution in [1.82, 2.24) is 14.5 Å². The van der Waals surface area contributed by atoms with E-state index in [1.807, 2.05) is 23.5 Å². The second-order valence-electron chi connectivity index (χ2n) is 11.1. The van der Waals surface area contributed by atoms with E-state index in [9.17, 15) is 0 Å². The Bertz CT molecular complexity index is 2430. The third-order valence-corrected chi connectivity index (χ3v) is 9.57.